The van der Waals surface area contributed by atoms with Crippen molar-refractivity contribution in [2.24, 2.45) is 5.92 Å². The summed E-state index contributed by atoms with van der Waals surface area (Å²) < 4.78 is 10.8. The molecule has 7 nitrogen and oxygen atoms in total. The summed E-state index contributed by atoms with van der Waals surface area (Å²) in [5.41, 5.74) is 0.800. The fourth-order valence-electron chi connectivity index (χ4n) is 3.33. The van der Waals surface area contributed by atoms with Gasteiger partial charge in [0.15, 0.2) is 11.5 Å². The first-order chi connectivity index (χ1) is 12.2. The molecule has 2 heterocycles. The van der Waals surface area contributed by atoms with E-state index in [0.717, 1.165) is 42.5 Å². The molecule has 4 rings (SSSR count). The van der Waals surface area contributed by atoms with Gasteiger partial charge in [0, 0.05) is 30.6 Å². The number of hydrogen-bond donors (Lipinski definition) is 1. The van der Waals surface area contributed by atoms with E-state index in [9.17, 15) is 4.79 Å². The third-order valence-electron chi connectivity index (χ3n) is 4.90. The Kier molecular flexibility index (Phi) is 4.07. The van der Waals surface area contributed by atoms with Crippen LogP contribution in [0.15, 0.2) is 18.5 Å². The average Bonchev–Trinajstić information content (AvgIpc) is 3.31. The van der Waals surface area contributed by atoms with Crippen LogP contribution in [0.2, 0.25) is 0 Å². The summed E-state index contributed by atoms with van der Waals surface area (Å²) in [5.74, 6) is 2.32. The van der Waals surface area contributed by atoms with Gasteiger partial charge in [0.1, 0.15) is 12.1 Å². The minimum Gasteiger partial charge on any atom is -0.493 e. The largest absolute Gasteiger partial charge is 0.493 e. The molecule has 1 saturated heterocycles. The molecule has 1 aliphatic heterocycles. The number of amides is 1. The fraction of sp³-hybridized carbons (Fsp3) is 0.500. The topological polar surface area (TPSA) is 76.6 Å². The standard InChI is InChI=1S/C18H22N4O3/c1-24-15-7-13-14(8-16(15)25-2)19-10-20-17(13)22-6-5-11(9-22)18(23)21-12-3-4-12/h7-8,10-12H,3-6,9H2,1-2H3,(H,21,23). The summed E-state index contributed by atoms with van der Waals surface area (Å²) in [4.78, 5) is 23.3. The number of benzene rings is 1. The van der Waals surface area contributed by atoms with Crippen molar-refractivity contribution in [1.29, 1.82) is 0 Å². The van der Waals surface area contributed by atoms with Crippen LogP contribution in [0.1, 0.15) is 19.3 Å². The van der Waals surface area contributed by atoms with Gasteiger partial charge in [0.25, 0.3) is 0 Å². The van der Waals surface area contributed by atoms with Crippen molar-refractivity contribution in [3.05, 3.63) is 18.5 Å². The predicted molar refractivity (Wildman–Crippen MR) is 94.1 cm³/mol. The van der Waals surface area contributed by atoms with E-state index >= 15 is 0 Å². The van der Waals surface area contributed by atoms with E-state index in [2.05, 4.69) is 20.2 Å². The number of rotatable bonds is 5. The molecule has 1 aromatic heterocycles. The van der Waals surface area contributed by atoms with Crippen LogP contribution in [0, 0.1) is 5.92 Å². The van der Waals surface area contributed by atoms with Crippen LogP contribution in [0.5, 0.6) is 11.5 Å². The van der Waals surface area contributed by atoms with E-state index in [1.165, 1.54) is 0 Å². The first-order valence-electron chi connectivity index (χ1n) is 8.61. The normalized spacial score (nSPS) is 19.9. The monoisotopic (exact) mass is 342 g/mol. The van der Waals surface area contributed by atoms with Crippen molar-refractivity contribution in [2.75, 3.05) is 32.2 Å². The molecule has 2 fully saturated rings. The van der Waals surface area contributed by atoms with Crippen LogP contribution in [0.4, 0.5) is 5.82 Å². The lowest BCUT2D eigenvalue weighted by atomic mass is 10.1. The number of anilines is 1. The van der Waals surface area contributed by atoms with E-state index in [-0.39, 0.29) is 11.8 Å². The highest BCUT2D eigenvalue weighted by Crippen LogP contribution is 2.36. The lowest BCUT2D eigenvalue weighted by Gasteiger charge is -2.19. The first kappa shape index (κ1) is 15.9. The highest BCUT2D eigenvalue weighted by atomic mass is 16.5. The van der Waals surface area contributed by atoms with Crippen LogP contribution < -0.4 is 19.7 Å². The Morgan fingerprint density at radius 2 is 1.92 bits per heavy atom. The predicted octanol–water partition coefficient (Wildman–Crippen LogP) is 1.75. The molecular weight excluding hydrogens is 320 g/mol. The summed E-state index contributed by atoms with van der Waals surface area (Å²) in [6, 6.07) is 4.16. The first-order valence-corrected chi connectivity index (χ1v) is 8.61. The number of ether oxygens (including phenoxy) is 2. The second-order valence-corrected chi connectivity index (χ2v) is 6.64. The van der Waals surface area contributed by atoms with Crippen molar-refractivity contribution in [1.82, 2.24) is 15.3 Å². The Morgan fingerprint density at radius 3 is 2.64 bits per heavy atom. The average molecular weight is 342 g/mol. The Balaban J connectivity index is 1.61. The van der Waals surface area contributed by atoms with Gasteiger partial charge < -0.3 is 19.7 Å². The molecule has 1 amide bonds. The Hall–Kier alpha value is -2.57. The van der Waals surface area contributed by atoms with Crippen LogP contribution in [0.3, 0.4) is 0 Å². The molecule has 0 spiro atoms. The van der Waals surface area contributed by atoms with Gasteiger partial charge >= 0.3 is 0 Å². The maximum Gasteiger partial charge on any atom is 0.225 e. The molecule has 25 heavy (non-hydrogen) atoms. The maximum absolute atomic E-state index is 12.3. The molecule has 0 radical (unpaired) electrons. The number of carbonyl (C=O) groups excluding carboxylic acids is 1. The molecule has 2 aliphatic rings. The van der Waals surface area contributed by atoms with Crippen molar-refractivity contribution < 1.29 is 14.3 Å². The molecule has 7 heteroatoms. The minimum absolute atomic E-state index is 0.0192. The number of aromatic nitrogens is 2. The fourth-order valence-corrected chi connectivity index (χ4v) is 3.33. The van der Waals surface area contributed by atoms with E-state index in [1.807, 2.05) is 12.1 Å². The van der Waals surface area contributed by atoms with Gasteiger partial charge in [-0.15, -0.1) is 0 Å². The molecule has 1 aromatic carbocycles. The zero-order valence-electron chi connectivity index (χ0n) is 14.5. The smallest absolute Gasteiger partial charge is 0.225 e. The van der Waals surface area contributed by atoms with Gasteiger partial charge in [-0.3, -0.25) is 4.79 Å². The van der Waals surface area contributed by atoms with E-state index in [1.54, 1.807) is 20.5 Å². The Morgan fingerprint density at radius 1 is 1.16 bits per heavy atom. The zero-order valence-corrected chi connectivity index (χ0v) is 14.5. The van der Waals surface area contributed by atoms with Crippen LogP contribution >= 0.6 is 0 Å². The molecule has 1 aliphatic carbocycles. The third kappa shape index (κ3) is 3.06. The van der Waals surface area contributed by atoms with E-state index in [0.29, 0.717) is 24.1 Å². The van der Waals surface area contributed by atoms with Crippen LogP contribution in [0.25, 0.3) is 10.9 Å². The van der Waals surface area contributed by atoms with Gasteiger partial charge in [-0.05, 0) is 25.3 Å². The van der Waals surface area contributed by atoms with Crippen molar-refractivity contribution >= 4 is 22.6 Å². The molecule has 1 N–H and O–H groups in total. The van der Waals surface area contributed by atoms with E-state index in [4.69, 9.17) is 9.47 Å². The molecule has 2 aromatic rings. The molecule has 1 saturated carbocycles. The second-order valence-electron chi connectivity index (χ2n) is 6.64. The number of methoxy groups -OCH3 is 2. The number of nitrogens with zero attached hydrogens (tertiary/aromatic N) is 3. The van der Waals surface area contributed by atoms with Gasteiger partial charge in [-0.2, -0.15) is 0 Å². The summed E-state index contributed by atoms with van der Waals surface area (Å²) >= 11 is 0. The van der Waals surface area contributed by atoms with Crippen molar-refractivity contribution in [2.45, 2.75) is 25.3 Å². The second kappa shape index (κ2) is 6.38. The number of hydrogen-bond acceptors (Lipinski definition) is 6. The van der Waals surface area contributed by atoms with E-state index < -0.39 is 0 Å². The third-order valence-corrected chi connectivity index (χ3v) is 4.90. The van der Waals surface area contributed by atoms with Gasteiger partial charge in [0.05, 0.1) is 25.7 Å². The maximum atomic E-state index is 12.3. The quantitative estimate of drug-likeness (QED) is 0.892. The minimum atomic E-state index is 0.0192. The molecule has 1 atom stereocenters. The van der Waals surface area contributed by atoms with Crippen LogP contribution in [-0.4, -0.2) is 49.2 Å². The van der Waals surface area contributed by atoms with Gasteiger partial charge in [0.2, 0.25) is 5.91 Å². The molecule has 0 bridgehead atoms. The van der Waals surface area contributed by atoms with Crippen LogP contribution in [-0.2, 0) is 4.79 Å². The number of nitrogens with one attached hydrogen (secondary N) is 1. The SMILES string of the molecule is COc1cc2ncnc(N3CCC(C(=O)NC4CC4)C3)c2cc1OC. The summed E-state index contributed by atoms with van der Waals surface area (Å²) in [5, 5.41) is 4.01. The Bertz CT molecular complexity index is 806. The highest BCUT2D eigenvalue weighted by molar-refractivity contribution is 5.92. The number of fused-ring (bicyclic) bond motifs is 1. The lowest BCUT2D eigenvalue weighted by Crippen LogP contribution is -2.34. The van der Waals surface area contributed by atoms with Gasteiger partial charge in [-0.1, -0.05) is 0 Å². The zero-order chi connectivity index (χ0) is 17.4. The van der Waals surface area contributed by atoms with Crippen molar-refractivity contribution in [3.8, 4) is 11.5 Å². The lowest BCUT2D eigenvalue weighted by molar-refractivity contribution is -0.124. The molecular formula is C18H22N4O3. The van der Waals surface area contributed by atoms with Gasteiger partial charge in [-0.25, -0.2) is 9.97 Å². The summed E-state index contributed by atoms with van der Waals surface area (Å²) in [6.07, 6.45) is 4.62. The molecule has 132 valence electrons. The number of carbonyl (C=O) groups is 1. The van der Waals surface area contributed by atoms with Crippen molar-refractivity contribution in [3.63, 3.8) is 0 Å². The Labute approximate surface area is 146 Å². The summed E-state index contributed by atoms with van der Waals surface area (Å²) in [7, 11) is 3.22. The highest BCUT2D eigenvalue weighted by Gasteiger charge is 2.33. The molecule has 1 unspecified atom stereocenters. The summed E-state index contributed by atoms with van der Waals surface area (Å²) in [6.45, 7) is 1.49.